The van der Waals surface area contributed by atoms with Gasteiger partial charge in [-0.2, -0.15) is 0 Å². The molecule has 0 amide bonds. The minimum Gasteiger partial charge on any atom is -0.312 e. The predicted octanol–water partition coefficient (Wildman–Crippen LogP) is 4.43. The lowest BCUT2D eigenvalue weighted by atomic mass is 10.1. The molecule has 0 bridgehead atoms. The van der Waals surface area contributed by atoms with Crippen molar-refractivity contribution in [1.82, 2.24) is 10.3 Å². The highest BCUT2D eigenvalue weighted by molar-refractivity contribution is 7.15. The van der Waals surface area contributed by atoms with Gasteiger partial charge in [-0.1, -0.05) is 45.0 Å². The highest BCUT2D eigenvalue weighted by atomic mass is 32.1. The van der Waals surface area contributed by atoms with Crippen molar-refractivity contribution in [3.8, 4) is 10.6 Å². The summed E-state index contributed by atoms with van der Waals surface area (Å²) < 4.78 is 0. The van der Waals surface area contributed by atoms with Gasteiger partial charge in [0.1, 0.15) is 5.01 Å². The number of hydrogen-bond acceptors (Lipinski definition) is 3. The maximum Gasteiger partial charge on any atom is 0.123 e. The summed E-state index contributed by atoms with van der Waals surface area (Å²) in [6.45, 7) is 10.7. The van der Waals surface area contributed by atoms with Crippen LogP contribution in [0.4, 0.5) is 0 Å². The summed E-state index contributed by atoms with van der Waals surface area (Å²) in [5, 5.41) is 4.63. The maximum absolute atomic E-state index is 4.71. The van der Waals surface area contributed by atoms with E-state index < -0.39 is 0 Å². The van der Waals surface area contributed by atoms with Gasteiger partial charge in [-0.25, -0.2) is 4.98 Å². The smallest absolute Gasteiger partial charge is 0.123 e. The second kappa shape index (κ2) is 7.00. The summed E-state index contributed by atoms with van der Waals surface area (Å²) in [7, 11) is 0. The first-order valence-electron chi connectivity index (χ1n) is 7.36. The van der Waals surface area contributed by atoms with Crippen LogP contribution in [0, 0.1) is 12.8 Å². The number of aryl methyl sites for hydroxylation is 2. The van der Waals surface area contributed by atoms with Gasteiger partial charge in [-0.05, 0) is 31.4 Å². The molecule has 0 aliphatic rings. The Morgan fingerprint density at radius 1 is 1.20 bits per heavy atom. The normalized spacial score (nSPS) is 11.2. The summed E-state index contributed by atoms with van der Waals surface area (Å²) >= 11 is 1.80. The number of benzene rings is 1. The molecule has 2 rings (SSSR count). The summed E-state index contributed by atoms with van der Waals surface area (Å²) in [6, 6.07) is 8.76. The molecule has 0 radical (unpaired) electrons. The summed E-state index contributed by atoms with van der Waals surface area (Å²) in [6.07, 6.45) is 1.08. The second-order valence-electron chi connectivity index (χ2n) is 5.60. The van der Waals surface area contributed by atoms with Crippen LogP contribution in [0.25, 0.3) is 10.6 Å². The van der Waals surface area contributed by atoms with Crippen molar-refractivity contribution in [2.45, 2.75) is 40.7 Å². The van der Waals surface area contributed by atoms with Crippen LogP contribution in [0.1, 0.15) is 36.9 Å². The van der Waals surface area contributed by atoms with E-state index in [0.717, 1.165) is 30.2 Å². The molecule has 1 aromatic heterocycles. The standard InChI is InChI=1S/C17H24N2S/c1-5-14-6-8-15(9-7-14)17-19-13(4)16(20-17)11-18-10-12(2)3/h6-9,12,18H,5,10-11H2,1-4H3. The Kier molecular flexibility index (Phi) is 5.32. The fraction of sp³-hybridized carbons (Fsp3) is 0.471. The molecule has 2 nitrogen and oxygen atoms in total. The molecule has 3 heteroatoms. The highest BCUT2D eigenvalue weighted by Gasteiger charge is 2.09. The van der Waals surface area contributed by atoms with Crippen LogP contribution in [-0.2, 0) is 13.0 Å². The predicted molar refractivity (Wildman–Crippen MR) is 88.2 cm³/mol. The lowest BCUT2D eigenvalue weighted by Crippen LogP contribution is -2.18. The highest BCUT2D eigenvalue weighted by Crippen LogP contribution is 2.28. The van der Waals surface area contributed by atoms with E-state index in [1.807, 2.05) is 0 Å². The molecular weight excluding hydrogens is 264 g/mol. The number of nitrogens with zero attached hydrogens (tertiary/aromatic N) is 1. The third kappa shape index (κ3) is 3.90. The van der Waals surface area contributed by atoms with Crippen molar-refractivity contribution in [3.05, 3.63) is 40.4 Å². The molecule has 0 unspecified atom stereocenters. The van der Waals surface area contributed by atoms with Gasteiger partial charge in [0, 0.05) is 17.0 Å². The Balaban J connectivity index is 2.09. The van der Waals surface area contributed by atoms with Crippen molar-refractivity contribution in [3.63, 3.8) is 0 Å². The minimum absolute atomic E-state index is 0.685. The van der Waals surface area contributed by atoms with Gasteiger partial charge in [0.05, 0.1) is 5.69 Å². The SMILES string of the molecule is CCc1ccc(-c2nc(C)c(CNCC(C)C)s2)cc1. The quantitative estimate of drug-likeness (QED) is 0.850. The molecule has 0 spiro atoms. The second-order valence-corrected chi connectivity index (χ2v) is 6.69. The monoisotopic (exact) mass is 288 g/mol. The van der Waals surface area contributed by atoms with Crippen molar-refractivity contribution in [2.75, 3.05) is 6.54 Å². The number of rotatable bonds is 6. The third-order valence-corrected chi connectivity index (χ3v) is 4.55. The molecular formula is C17H24N2S. The summed E-state index contributed by atoms with van der Waals surface area (Å²) in [5.74, 6) is 0.685. The topological polar surface area (TPSA) is 24.9 Å². The van der Waals surface area contributed by atoms with E-state index in [4.69, 9.17) is 4.98 Å². The molecule has 0 fully saturated rings. The third-order valence-electron chi connectivity index (χ3n) is 3.34. The van der Waals surface area contributed by atoms with E-state index >= 15 is 0 Å². The Bertz CT molecular complexity index is 541. The molecule has 1 heterocycles. The molecule has 0 aliphatic carbocycles. The van der Waals surface area contributed by atoms with Gasteiger partial charge < -0.3 is 5.32 Å². The molecule has 1 N–H and O–H groups in total. The maximum atomic E-state index is 4.71. The van der Waals surface area contributed by atoms with Crippen molar-refractivity contribution < 1.29 is 0 Å². The number of hydrogen-bond donors (Lipinski definition) is 1. The van der Waals surface area contributed by atoms with Gasteiger partial charge in [0.2, 0.25) is 0 Å². The van der Waals surface area contributed by atoms with E-state index in [9.17, 15) is 0 Å². The minimum atomic E-state index is 0.685. The van der Waals surface area contributed by atoms with Crippen molar-refractivity contribution in [1.29, 1.82) is 0 Å². The fourth-order valence-corrected chi connectivity index (χ4v) is 3.11. The number of thiazole rings is 1. The lowest BCUT2D eigenvalue weighted by molar-refractivity contribution is 0.554. The van der Waals surface area contributed by atoms with Gasteiger partial charge >= 0.3 is 0 Å². The summed E-state index contributed by atoms with van der Waals surface area (Å²) in [4.78, 5) is 6.06. The number of aromatic nitrogens is 1. The van der Waals surface area contributed by atoms with Crippen LogP contribution < -0.4 is 5.32 Å². The zero-order chi connectivity index (χ0) is 14.5. The molecule has 1 aromatic carbocycles. The molecule has 20 heavy (non-hydrogen) atoms. The average Bonchev–Trinajstić information content (AvgIpc) is 2.80. The van der Waals surface area contributed by atoms with Crippen LogP contribution in [0.3, 0.4) is 0 Å². The molecule has 0 saturated heterocycles. The van der Waals surface area contributed by atoms with Crippen LogP contribution in [-0.4, -0.2) is 11.5 Å². The van der Waals surface area contributed by atoms with Crippen LogP contribution >= 0.6 is 11.3 Å². The van der Waals surface area contributed by atoms with Crippen molar-refractivity contribution >= 4 is 11.3 Å². The van der Waals surface area contributed by atoms with Gasteiger partial charge in [-0.3, -0.25) is 0 Å². The average molecular weight is 288 g/mol. The molecule has 0 saturated carbocycles. The Morgan fingerprint density at radius 3 is 2.50 bits per heavy atom. The van der Waals surface area contributed by atoms with E-state index in [1.54, 1.807) is 11.3 Å². The Hall–Kier alpha value is -1.19. The molecule has 2 aromatic rings. The largest absolute Gasteiger partial charge is 0.312 e. The number of nitrogens with one attached hydrogen (secondary N) is 1. The molecule has 108 valence electrons. The van der Waals surface area contributed by atoms with Crippen LogP contribution in [0.15, 0.2) is 24.3 Å². The van der Waals surface area contributed by atoms with E-state index in [1.165, 1.54) is 16.0 Å². The van der Waals surface area contributed by atoms with Gasteiger partial charge in [-0.15, -0.1) is 11.3 Å². The van der Waals surface area contributed by atoms with Crippen LogP contribution in [0.2, 0.25) is 0 Å². The van der Waals surface area contributed by atoms with E-state index in [-0.39, 0.29) is 0 Å². The Labute approximate surface area is 126 Å². The van der Waals surface area contributed by atoms with Gasteiger partial charge in [0.15, 0.2) is 0 Å². The van der Waals surface area contributed by atoms with Crippen molar-refractivity contribution in [2.24, 2.45) is 5.92 Å². The van der Waals surface area contributed by atoms with E-state index in [2.05, 4.69) is 57.3 Å². The Morgan fingerprint density at radius 2 is 1.90 bits per heavy atom. The first-order chi connectivity index (χ1) is 9.60. The molecule has 0 aliphatic heterocycles. The summed E-state index contributed by atoms with van der Waals surface area (Å²) in [5.41, 5.74) is 3.76. The zero-order valence-electron chi connectivity index (χ0n) is 12.9. The fourth-order valence-electron chi connectivity index (χ4n) is 2.07. The van der Waals surface area contributed by atoms with Gasteiger partial charge in [0.25, 0.3) is 0 Å². The van der Waals surface area contributed by atoms with Crippen LogP contribution in [0.5, 0.6) is 0 Å². The first-order valence-corrected chi connectivity index (χ1v) is 8.18. The first kappa shape index (κ1) is 15.2. The lowest BCUT2D eigenvalue weighted by Gasteiger charge is -2.05. The molecule has 0 atom stereocenters. The zero-order valence-corrected chi connectivity index (χ0v) is 13.7. The van der Waals surface area contributed by atoms with E-state index in [0.29, 0.717) is 5.92 Å².